The van der Waals surface area contributed by atoms with E-state index < -0.39 is 17.9 Å². The van der Waals surface area contributed by atoms with E-state index in [4.69, 9.17) is 11.6 Å². The van der Waals surface area contributed by atoms with Gasteiger partial charge in [0.2, 0.25) is 0 Å². The van der Waals surface area contributed by atoms with Crippen molar-refractivity contribution in [2.75, 3.05) is 20.1 Å². The van der Waals surface area contributed by atoms with Crippen LogP contribution in [0.1, 0.15) is 41.7 Å². The van der Waals surface area contributed by atoms with Crippen LogP contribution in [0.15, 0.2) is 54.6 Å². The van der Waals surface area contributed by atoms with Crippen LogP contribution in [0.5, 0.6) is 0 Å². The summed E-state index contributed by atoms with van der Waals surface area (Å²) in [7, 11) is 2.20. The van der Waals surface area contributed by atoms with Crippen molar-refractivity contribution in [3.05, 3.63) is 70.7 Å². The van der Waals surface area contributed by atoms with Crippen molar-refractivity contribution < 1.29 is 14.7 Å². The van der Waals surface area contributed by atoms with Gasteiger partial charge in [0.25, 0.3) is 5.91 Å². The first-order valence-corrected chi connectivity index (χ1v) is 9.77. The number of hydrogen-bond acceptors (Lipinski definition) is 3. The number of piperidine rings is 1. The molecule has 1 aliphatic heterocycles. The number of nitrogens with zero attached hydrogens (tertiary/aromatic N) is 1. The largest absolute Gasteiger partial charge is 0.479 e. The highest BCUT2D eigenvalue weighted by atomic mass is 35.5. The first-order valence-electron chi connectivity index (χ1n) is 9.39. The number of hydrogen-bond donors (Lipinski definition) is 2. The molecule has 0 saturated carbocycles. The maximum atomic E-state index is 12.0. The Hall–Kier alpha value is -2.37. The third kappa shape index (κ3) is 6.98. The summed E-state index contributed by atoms with van der Waals surface area (Å²) in [5, 5.41) is 12.2. The van der Waals surface area contributed by atoms with Gasteiger partial charge in [0.15, 0.2) is 6.04 Å². The maximum Gasteiger partial charge on any atom is 0.330 e. The van der Waals surface area contributed by atoms with E-state index >= 15 is 0 Å². The Bertz CT molecular complexity index is 747. The Kier molecular flexibility index (Phi) is 8.48. The molecule has 0 radical (unpaired) electrons. The highest BCUT2D eigenvalue weighted by molar-refractivity contribution is 6.30. The van der Waals surface area contributed by atoms with Gasteiger partial charge in [-0.1, -0.05) is 48.9 Å². The molecule has 0 aliphatic carbocycles. The summed E-state index contributed by atoms with van der Waals surface area (Å²) in [5.41, 5.74) is 0.874. The molecule has 150 valence electrons. The van der Waals surface area contributed by atoms with E-state index in [0.29, 0.717) is 16.1 Å². The molecule has 1 atom stereocenters. The summed E-state index contributed by atoms with van der Waals surface area (Å²) in [5.74, 6) is -0.587. The van der Waals surface area contributed by atoms with E-state index in [1.54, 1.807) is 54.6 Å². The second-order valence-electron chi connectivity index (χ2n) is 7.15. The van der Waals surface area contributed by atoms with Gasteiger partial charge in [0.05, 0.1) is 0 Å². The fourth-order valence-corrected chi connectivity index (χ4v) is 3.01. The molecule has 1 heterocycles. The number of rotatable bonds is 4. The zero-order chi connectivity index (χ0) is 20.5. The minimum Gasteiger partial charge on any atom is -0.479 e. The van der Waals surface area contributed by atoms with Crippen LogP contribution in [0.4, 0.5) is 0 Å². The molecule has 1 amide bonds. The second kappa shape index (κ2) is 10.8. The fourth-order valence-electron chi connectivity index (χ4n) is 2.88. The predicted octanol–water partition coefficient (Wildman–Crippen LogP) is 4.24. The van der Waals surface area contributed by atoms with Crippen LogP contribution < -0.4 is 5.32 Å². The summed E-state index contributed by atoms with van der Waals surface area (Å²) in [6.45, 7) is 4.95. The molecule has 6 heteroatoms. The van der Waals surface area contributed by atoms with Crippen molar-refractivity contribution in [2.24, 2.45) is 5.92 Å². The van der Waals surface area contributed by atoms with Crippen LogP contribution in [0, 0.1) is 5.92 Å². The van der Waals surface area contributed by atoms with Crippen LogP contribution in [0.2, 0.25) is 5.02 Å². The lowest BCUT2D eigenvalue weighted by Crippen LogP contribution is -2.33. The Morgan fingerprint density at radius 3 is 2.14 bits per heavy atom. The first kappa shape index (κ1) is 21.9. The number of nitrogens with one attached hydrogen (secondary N) is 1. The highest BCUT2D eigenvalue weighted by Crippen LogP contribution is 2.17. The molecular weight excluding hydrogens is 376 g/mol. The molecule has 3 rings (SSSR count). The summed E-state index contributed by atoms with van der Waals surface area (Å²) < 4.78 is 0. The molecule has 1 aliphatic rings. The van der Waals surface area contributed by atoms with Crippen LogP contribution in [0.25, 0.3) is 0 Å². The average Bonchev–Trinajstić information content (AvgIpc) is 2.70. The third-order valence-electron chi connectivity index (χ3n) is 4.77. The number of amides is 1. The topological polar surface area (TPSA) is 69.6 Å². The fraction of sp³-hybridized carbons (Fsp3) is 0.364. The third-order valence-corrected chi connectivity index (χ3v) is 5.02. The molecule has 5 nitrogen and oxygen atoms in total. The predicted molar refractivity (Wildman–Crippen MR) is 112 cm³/mol. The quantitative estimate of drug-likeness (QED) is 0.802. The zero-order valence-corrected chi connectivity index (χ0v) is 17.0. The van der Waals surface area contributed by atoms with Gasteiger partial charge in [-0.05, 0) is 68.7 Å². The molecule has 0 aromatic heterocycles. The van der Waals surface area contributed by atoms with Crippen LogP contribution in [-0.4, -0.2) is 42.0 Å². The van der Waals surface area contributed by atoms with Gasteiger partial charge in [0, 0.05) is 10.6 Å². The monoisotopic (exact) mass is 402 g/mol. The van der Waals surface area contributed by atoms with E-state index in [2.05, 4.69) is 24.2 Å². The average molecular weight is 403 g/mol. The molecule has 1 fully saturated rings. The van der Waals surface area contributed by atoms with Gasteiger partial charge in [-0.25, -0.2) is 4.79 Å². The molecule has 28 heavy (non-hydrogen) atoms. The van der Waals surface area contributed by atoms with Crippen molar-refractivity contribution in [3.63, 3.8) is 0 Å². The second-order valence-corrected chi connectivity index (χ2v) is 7.58. The van der Waals surface area contributed by atoms with E-state index in [-0.39, 0.29) is 0 Å². The summed E-state index contributed by atoms with van der Waals surface area (Å²) in [6.07, 6.45) is 2.80. The van der Waals surface area contributed by atoms with Gasteiger partial charge >= 0.3 is 5.97 Å². The smallest absolute Gasteiger partial charge is 0.330 e. The maximum absolute atomic E-state index is 12.0. The number of aliphatic carboxylic acids is 1. The minimum absolute atomic E-state index is 0.410. The number of carboxylic acids is 1. The van der Waals surface area contributed by atoms with Crippen LogP contribution in [0.3, 0.4) is 0 Å². The van der Waals surface area contributed by atoms with Crippen molar-refractivity contribution in [2.45, 2.75) is 25.8 Å². The van der Waals surface area contributed by atoms with Crippen LogP contribution >= 0.6 is 11.6 Å². The number of benzene rings is 2. The van der Waals surface area contributed by atoms with Crippen molar-refractivity contribution >= 4 is 23.5 Å². The number of halogens is 1. The van der Waals surface area contributed by atoms with Crippen molar-refractivity contribution in [1.82, 2.24) is 10.2 Å². The SMILES string of the molecule is CC1CCN(C)CC1.O=C(NC(C(=O)O)c1ccc(Cl)cc1)c1ccccc1. The van der Waals surface area contributed by atoms with E-state index in [9.17, 15) is 14.7 Å². The first-order chi connectivity index (χ1) is 13.4. The lowest BCUT2D eigenvalue weighted by Gasteiger charge is -2.26. The standard InChI is InChI=1S/C15H12ClNO3.C7H15N/c16-12-8-6-10(7-9-12)13(15(19)20)17-14(18)11-4-2-1-3-5-11;1-7-3-5-8(2)6-4-7/h1-9,13H,(H,17,18)(H,19,20);7H,3-6H2,1-2H3. The lowest BCUT2D eigenvalue weighted by atomic mass is 10.00. The molecule has 1 saturated heterocycles. The lowest BCUT2D eigenvalue weighted by molar-refractivity contribution is -0.139. The Morgan fingerprint density at radius 2 is 1.64 bits per heavy atom. The highest BCUT2D eigenvalue weighted by Gasteiger charge is 2.22. The molecule has 0 bridgehead atoms. The summed E-state index contributed by atoms with van der Waals surface area (Å²) in [4.78, 5) is 25.7. The Morgan fingerprint density at radius 1 is 1.07 bits per heavy atom. The Balaban J connectivity index is 0.000000292. The van der Waals surface area contributed by atoms with E-state index in [1.165, 1.54) is 25.9 Å². The molecule has 0 spiro atoms. The number of carboxylic acid groups (broad SMARTS) is 1. The summed E-state index contributed by atoms with van der Waals surface area (Å²) in [6, 6.07) is 13.7. The van der Waals surface area contributed by atoms with Crippen LogP contribution in [-0.2, 0) is 4.79 Å². The molecule has 2 aromatic carbocycles. The minimum atomic E-state index is -1.13. The van der Waals surface area contributed by atoms with E-state index in [1.807, 2.05) is 0 Å². The number of likely N-dealkylation sites (tertiary alicyclic amines) is 1. The van der Waals surface area contributed by atoms with Gasteiger partial charge < -0.3 is 15.3 Å². The number of carbonyl (C=O) groups excluding carboxylic acids is 1. The van der Waals surface area contributed by atoms with Gasteiger partial charge in [-0.15, -0.1) is 0 Å². The summed E-state index contributed by atoms with van der Waals surface area (Å²) >= 11 is 5.76. The van der Waals surface area contributed by atoms with Crippen molar-refractivity contribution in [3.8, 4) is 0 Å². The van der Waals surface area contributed by atoms with Crippen molar-refractivity contribution in [1.29, 1.82) is 0 Å². The molecule has 1 unspecified atom stereocenters. The zero-order valence-electron chi connectivity index (χ0n) is 16.3. The number of carbonyl (C=O) groups is 2. The van der Waals surface area contributed by atoms with Gasteiger partial charge in [0.1, 0.15) is 0 Å². The molecule has 2 N–H and O–H groups in total. The Labute approximate surface area is 171 Å². The molecular formula is C22H27ClN2O3. The molecule has 2 aromatic rings. The van der Waals surface area contributed by atoms with Gasteiger partial charge in [-0.2, -0.15) is 0 Å². The van der Waals surface area contributed by atoms with Gasteiger partial charge in [-0.3, -0.25) is 4.79 Å². The normalized spacial score (nSPS) is 15.8. The van der Waals surface area contributed by atoms with E-state index in [0.717, 1.165) is 5.92 Å².